The Kier molecular flexibility index (Phi) is 5.70. The topological polar surface area (TPSA) is 81.2 Å². The zero-order valence-corrected chi connectivity index (χ0v) is 14.3. The summed E-state index contributed by atoms with van der Waals surface area (Å²) in [5, 5.41) is 4.38. The van der Waals surface area contributed by atoms with Crippen molar-refractivity contribution in [1.29, 1.82) is 0 Å². The van der Waals surface area contributed by atoms with Crippen LogP contribution in [0.3, 0.4) is 0 Å². The van der Waals surface area contributed by atoms with Gasteiger partial charge in [-0.25, -0.2) is 8.42 Å². The Balaban J connectivity index is 2.32. The van der Waals surface area contributed by atoms with Crippen LogP contribution in [-0.2, 0) is 16.6 Å². The van der Waals surface area contributed by atoms with E-state index in [-0.39, 0.29) is 0 Å². The molecule has 1 saturated heterocycles. The molecular weight excluding hydrogens is 308 g/mol. The molecule has 2 N–H and O–H groups in total. The van der Waals surface area contributed by atoms with Crippen LogP contribution >= 0.6 is 11.8 Å². The molecule has 120 valence electrons. The minimum Gasteiger partial charge on any atom is -0.330 e. The van der Waals surface area contributed by atoms with Gasteiger partial charge in [-0.1, -0.05) is 0 Å². The summed E-state index contributed by atoms with van der Waals surface area (Å²) in [7, 11) is -3.45. The molecule has 0 amide bonds. The summed E-state index contributed by atoms with van der Waals surface area (Å²) in [6.45, 7) is 6.02. The van der Waals surface area contributed by atoms with Crippen LogP contribution in [-0.4, -0.2) is 53.6 Å². The molecule has 1 aliphatic rings. The van der Waals surface area contributed by atoms with Crippen LogP contribution in [0, 0.1) is 13.8 Å². The van der Waals surface area contributed by atoms with Gasteiger partial charge in [0, 0.05) is 25.4 Å². The molecule has 2 rings (SSSR count). The summed E-state index contributed by atoms with van der Waals surface area (Å²) in [4.78, 5) is 0.381. The second-order valence-corrected chi connectivity index (χ2v) is 8.33. The minimum absolute atomic E-state index is 0.381. The number of sulfonamides is 1. The second kappa shape index (κ2) is 7.13. The van der Waals surface area contributed by atoms with Gasteiger partial charge in [0.2, 0.25) is 10.0 Å². The fourth-order valence-corrected chi connectivity index (χ4v) is 5.46. The fourth-order valence-electron chi connectivity index (χ4n) is 2.61. The number of aromatic nitrogens is 2. The minimum atomic E-state index is -3.45. The quantitative estimate of drug-likeness (QED) is 0.869. The molecule has 8 heteroatoms. The highest BCUT2D eigenvalue weighted by Crippen LogP contribution is 2.25. The molecule has 1 fully saturated rings. The molecule has 0 aliphatic carbocycles. The largest absolute Gasteiger partial charge is 0.330 e. The third-order valence-corrected chi connectivity index (χ3v) is 6.87. The SMILES string of the molecule is Cc1nn(CCCN)c(C)c1S(=O)(=O)N1CCCSCC1. The van der Waals surface area contributed by atoms with Crippen molar-refractivity contribution in [3.8, 4) is 0 Å². The molecule has 21 heavy (non-hydrogen) atoms. The van der Waals surface area contributed by atoms with Crippen LogP contribution in [0.1, 0.15) is 24.2 Å². The Morgan fingerprint density at radius 2 is 2.05 bits per heavy atom. The van der Waals surface area contributed by atoms with Gasteiger partial charge in [0.1, 0.15) is 4.90 Å². The zero-order valence-electron chi connectivity index (χ0n) is 12.7. The number of nitrogens with two attached hydrogens (primary N) is 1. The van der Waals surface area contributed by atoms with Gasteiger partial charge in [0.15, 0.2) is 0 Å². The molecule has 6 nitrogen and oxygen atoms in total. The average molecular weight is 332 g/mol. The van der Waals surface area contributed by atoms with Gasteiger partial charge < -0.3 is 5.73 Å². The number of rotatable bonds is 5. The van der Waals surface area contributed by atoms with Gasteiger partial charge >= 0.3 is 0 Å². The molecule has 0 radical (unpaired) electrons. The molecule has 0 saturated carbocycles. The van der Waals surface area contributed by atoms with Crippen molar-refractivity contribution in [2.75, 3.05) is 31.1 Å². The van der Waals surface area contributed by atoms with E-state index in [4.69, 9.17) is 5.73 Å². The Labute approximate surface area is 131 Å². The number of nitrogens with zero attached hydrogens (tertiary/aromatic N) is 3. The highest BCUT2D eigenvalue weighted by molar-refractivity contribution is 7.99. The van der Waals surface area contributed by atoms with Crippen LogP contribution in [0.15, 0.2) is 4.90 Å². The van der Waals surface area contributed by atoms with E-state index in [2.05, 4.69) is 5.10 Å². The highest BCUT2D eigenvalue weighted by Gasteiger charge is 2.31. The van der Waals surface area contributed by atoms with E-state index in [1.807, 2.05) is 18.7 Å². The lowest BCUT2D eigenvalue weighted by Crippen LogP contribution is -2.33. The maximum absolute atomic E-state index is 12.9. The lowest BCUT2D eigenvalue weighted by atomic mass is 10.4. The highest BCUT2D eigenvalue weighted by atomic mass is 32.2. The molecule has 1 aromatic heterocycles. The first-order chi connectivity index (χ1) is 9.98. The second-order valence-electron chi connectivity index (χ2n) is 5.24. The summed E-state index contributed by atoms with van der Waals surface area (Å²) in [6, 6.07) is 0. The monoisotopic (exact) mass is 332 g/mol. The molecule has 1 aliphatic heterocycles. The van der Waals surface area contributed by atoms with Crippen LogP contribution in [0.25, 0.3) is 0 Å². The summed E-state index contributed by atoms with van der Waals surface area (Å²) >= 11 is 1.81. The predicted molar refractivity (Wildman–Crippen MR) is 86.1 cm³/mol. The molecule has 0 atom stereocenters. The summed E-state index contributed by atoms with van der Waals surface area (Å²) in [6.07, 6.45) is 1.70. The van der Waals surface area contributed by atoms with Crippen LogP contribution in [0.5, 0.6) is 0 Å². The van der Waals surface area contributed by atoms with E-state index in [0.717, 1.165) is 30.0 Å². The van der Waals surface area contributed by atoms with Crippen molar-refractivity contribution >= 4 is 21.8 Å². The van der Waals surface area contributed by atoms with Gasteiger partial charge in [-0.15, -0.1) is 0 Å². The number of aryl methyl sites for hydroxylation is 2. The zero-order chi connectivity index (χ0) is 15.5. The predicted octanol–water partition coefficient (Wildman–Crippen LogP) is 0.976. The van der Waals surface area contributed by atoms with Crippen LogP contribution in [0.2, 0.25) is 0 Å². The van der Waals surface area contributed by atoms with Gasteiger partial charge in [0.05, 0.1) is 11.4 Å². The van der Waals surface area contributed by atoms with Gasteiger partial charge in [-0.2, -0.15) is 21.2 Å². The van der Waals surface area contributed by atoms with E-state index >= 15 is 0 Å². The standard InChI is InChI=1S/C13H24N4O2S2/c1-11-13(12(2)17(15-11)7-3-5-14)21(18,19)16-6-4-9-20-10-8-16/h3-10,14H2,1-2H3. The van der Waals surface area contributed by atoms with E-state index in [0.29, 0.717) is 36.8 Å². The Bertz CT molecular complexity index is 575. The first kappa shape index (κ1) is 16.8. The lowest BCUT2D eigenvalue weighted by molar-refractivity contribution is 0.434. The van der Waals surface area contributed by atoms with E-state index in [1.54, 1.807) is 15.9 Å². The fraction of sp³-hybridized carbons (Fsp3) is 0.769. The molecule has 2 heterocycles. The normalized spacial score (nSPS) is 17.9. The van der Waals surface area contributed by atoms with Crippen LogP contribution in [0.4, 0.5) is 0 Å². The third-order valence-electron chi connectivity index (χ3n) is 3.67. The van der Waals surface area contributed by atoms with Crippen molar-refractivity contribution in [2.45, 2.75) is 38.1 Å². The van der Waals surface area contributed by atoms with Crippen molar-refractivity contribution in [2.24, 2.45) is 5.73 Å². The number of thioether (sulfide) groups is 1. The van der Waals surface area contributed by atoms with E-state index in [1.165, 1.54) is 0 Å². The van der Waals surface area contributed by atoms with Crippen molar-refractivity contribution in [1.82, 2.24) is 14.1 Å². The van der Waals surface area contributed by atoms with Crippen molar-refractivity contribution in [3.05, 3.63) is 11.4 Å². The van der Waals surface area contributed by atoms with Gasteiger partial charge in [-0.05, 0) is 39.0 Å². The van der Waals surface area contributed by atoms with Crippen molar-refractivity contribution in [3.63, 3.8) is 0 Å². The molecule has 0 bridgehead atoms. The van der Waals surface area contributed by atoms with Crippen molar-refractivity contribution < 1.29 is 8.42 Å². The van der Waals surface area contributed by atoms with Gasteiger partial charge in [0.25, 0.3) is 0 Å². The Hall–Kier alpha value is -0.570. The maximum Gasteiger partial charge on any atom is 0.246 e. The molecule has 0 aromatic carbocycles. The maximum atomic E-state index is 12.9. The molecule has 1 aromatic rings. The third kappa shape index (κ3) is 3.61. The van der Waals surface area contributed by atoms with E-state index < -0.39 is 10.0 Å². The summed E-state index contributed by atoms with van der Waals surface area (Å²) in [5.74, 6) is 1.89. The van der Waals surface area contributed by atoms with E-state index in [9.17, 15) is 8.42 Å². The Morgan fingerprint density at radius 3 is 2.76 bits per heavy atom. The molecular formula is C13H24N4O2S2. The first-order valence-corrected chi connectivity index (χ1v) is 9.90. The molecule has 0 unspecified atom stereocenters. The van der Waals surface area contributed by atoms with Crippen LogP contribution < -0.4 is 5.73 Å². The smallest absolute Gasteiger partial charge is 0.246 e. The summed E-state index contributed by atoms with van der Waals surface area (Å²) < 4.78 is 29.2. The van der Waals surface area contributed by atoms with Gasteiger partial charge in [-0.3, -0.25) is 4.68 Å². The lowest BCUT2D eigenvalue weighted by Gasteiger charge is -2.19. The first-order valence-electron chi connectivity index (χ1n) is 7.30. The summed E-state index contributed by atoms with van der Waals surface area (Å²) in [5.41, 5.74) is 6.83. The number of hydrogen-bond donors (Lipinski definition) is 1. The molecule has 0 spiro atoms. The number of hydrogen-bond acceptors (Lipinski definition) is 5. The Morgan fingerprint density at radius 1 is 1.29 bits per heavy atom. The average Bonchev–Trinajstić information content (AvgIpc) is 2.63.